The van der Waals surface area contributed by atoms with Gasteiger partial charge in [0.1, 0.15) is 5.82 Å². The predicted octanol–water partition coefficient (Wildman–Crippen LogP) is 3.69. The Morgan fingerprint density at radius 3 is 2.38 bits per heavy atom. The summed E-state index contributed by atoms with van der Waals surface area (Å²) in [6, 6.07) is 6.30. The number of carbonyl (C=O) groups excluding carboxylic acids is 1. The van der Waals surface area contributed by atoms with Crippen molar-refractivity contribution in [1.29, 1.82) is 0 Å². The summed E-state index contributed by atoms with van der Waals surface area (Å²) in [5, 5.41) is 8.82. The van der Waals surface area contributed by atoms with E-state index in [0.717, 1.165) is 36.5 Å². The first-order chi connectivity index (χ1) is 14.9. The zero-order valence-electron chi connectivity index (χ0n) is 15.7. The van der Waals surface area contributed by atoms with E-state index in [9.17, 15) is 35.5 Å². The van der Waals surface area contributed by atoms with Crippen molar-refractivity contribution in [1.82, 2.24) is 25.3 Å². The zero-order chi connectivity index (χ0) is 23.5. The molecule has 3 rings (SSSR count). The van der Waals surface area contributed by atoms with Crippen LogP contribution in [0.25, 0.3) is 5.69 Å². The molecule has 0 bridgehead atoms. The van der Waals surface area contributed by atoms with Crippen LogP contribution in [0.2, 0.25) is 0 Å². The van der Waals surface area contributed by atoms with Gasteiger partial charge in [-0.05, 0) is 35.9 Å². The Morgan fingerprint density at radius 1 is 1.06 bits per heavy atom. The smallest absolute Gasteiger partial charge is 0.435 e. The van der Waals surface area contributed by atoms with E-state index < -0.39 is 42.1 Å². The molecular weight excluding hydrogens is 451 g/mol. The van der Waals surface area contributed by atoms with Crippen molar-refractivity contribution in [2.45, 2.75) is 18.9 Å². The third-order valence-electron chi connectivity index (χ3n) is 3.86. The molecule has 0 aliphatic heterocycles. The molecular formula is C18H12F7N5O2. The SMILES string of the molecule is O=C(NCc1ccnc(OCC(F)(F)F)c1)c1nnn(-c2ccc(F)cc2)c1C(F)(F)F. The Bertz CT molecular complexity index is 1090. The molecule has 7 nitrogen and oxygen atoms in total. The molecule has 0 radical (unpaired) electrons. The van der Waals surface area contributed by atoms with Gasteiger partial charge in [0, 0.05) is 18.8 Å². The van der Waals surface area contributed by atoms with Gasteiger partial charge >= 0.3 is 12.4 Å². The first-order valence-corrected chi connectivity index (χ1v) is 8.65. The molecule has 0 saturated carbocycles. The number of hydrogen-bond acceptors (Lipinski definition) is 5. The highest BCUT2D eigenvalue weighted by Gasteiger charge is 2.42. The highest BCUT2D eigenvalue weighted by atomic mass is 19.4. The summed E-state index contributed by atoms with van der Waals surface area (Å²) in [6.07, 6.45) is -8.50. The van der Waals surface area contributed by atoms with Crippen LogP contribution in [-0.4, -0.2) is 38.7 Å². The minimum absolute atomic E-state index is 0.175. The van der Waals surface area contributed by atoms with Crippen LogP contribution >= 0.6 is 0 Å². The van der Waals surface area contributed by atoms with E-state index in [2.05, 4.69) is 25.3 Å². The van der Waals surface area contributed by atoms with Gasteiger partial charge < -0.3 is 10.1 Å². The van der Waals surface area contributed by atoms with Crippen LogP contribution in [0.1, 0.15) is 21.7 Å². The summed E-state index contributed by atoms with van der Waals surface area (Å²) in [6.45, 7) is -1.94. The average molecular weight is 463 g/mol. The normalized spacial score (nSPS) is 12.0. The Balaban J connectivity index is 1.78. The lowest BCUT2D eigenvalue weighted by atomic mass is 10.2. The molecule has 2 aromatic heterocycles. The molecule has 1 N–H and O–H groups in total. The predicted molar refractivity (Wildman–Crippen MR) is 93.3 cm³/mol. The summed E-state index contributed by atoms with van der Waals surface area (Å²) in [5.41, 5.74) is -2.48. The number of nitrogens with zero attached hydrogens (tertiary/aromatic N) is 4. The van der Waals surface area contributed by atoms with Gasteiger partial charge in [0.15, 0.2) is 18.0 Å². The summed E-state index contributed by atoms with van der Waals surface area (Å²) in [4.78, 5) is 15.9. The Morgan fingerprint density at radius 2 is 1.75 bits per heavy atom. The highest BCUT2D eigenvalue weighted by molar-refractivity contribution is 5.93. The number of benzene rings is 1. The Hall–Kier alpha value is -3.71. The molecule has 0 aliphatic rings. The topological polar surface area (TPSA) is 81.9 Å². The van der Waals surface area contributed by atoms with E-state index in [1.54, 1.807) is 0 Å². The summed E-state index contributed by atoms with van der Waals surface area (Å²) in [5.74, 6) is -2.30. The standard InChI is InChI=1S/C18H12F7N5O2/c19-11-1-3-12(4-2-11)30-15(18(23,24)25)14(28-29-30)16(31)27-8-10-5-6-26-13(7-10)32-9-17(20,21)22/h1-7H,8-9H2,(H,27,31). The van der Waals surface area contributed by atoms with Crippen LogP contribution in [0.3, 0.4) is 0 Å². The van der Waals surface area contributed by atoms with Gasteiger partial charge in [-0.3, -0.25) is 4.79 Å². The number of hydrogen-bond donors (Lipinski definition) is 1. The van der Waals surface area contributed by atoms with Gasteiger partial charge in [-0.25, -0.2) is 14.1 Å². The lowest BCUT2D eigenvalue weighted by Gasteiger charge is -2.12. The lowest BCUT2D eigenvalue weighted by Crippen LogP contribution is -2.27. The minimum atomic E-state index is -5.03. The van der Waals surface area contributed by atoms with Gasteiger partial charge in [0.05, 0.1) is 5.69 Å². The van der Waals surface area contributed by atoms with E-state index in [1.807, 2.05) is 0 Å². The molecule has 0 saturated heterocycles. The number of pyridine rings is 1. The van der Waals surface area contributed by atoms with Crippen molar-refractivity contribution < 1.29 is 40.3 Å². The van der Waals surface area contributed by atoms with Gasteiger partial charge in [0.2, 0.25) is 5.88 Å². The third-order valence-corrected chi connectivity index (χ3v) is 3.86. The van der Waals surface area contributed by atoms with E-state index >= 15 is 0 Å². The monoisotopic (exact) mass is 463 g/mol. The average Bonchev–Trinajstić information content (AvgIpc) is 3.17. The Labute approximate surface area is 174 Å². The molecule has 0 aliphatic carbocycles. The quantitative estimate of drug-likeness (QED) is 0.564. The molecule has 0 fully saturated rings. The van der Waals surface area contributed by atoms with Gasteiger partial charge in [0.25, 0.3) is 5.91 Å². The fourth-order valence-corrected chi connectivity index (χ4v) is 2.51. The van der Waals surface area contributed by atoms with Crippen molar-refractivity contribution >= 4 is 5.91 Å². The number of nitrogens with one attached hydrogen (secondary N) is 1. The van der Waals surface area contributed by atoms with Gasteiger partial charge in [-0.2, -0.15) is 26.3 Å². The van der Waals surface area contributed by atoms with Crippen molar-refractivity contribution in [3.05, 3.63) is 65.4 Å². The summed E-state index contributed by atoms with van der Waals surface area (Å²) < 4.78 is 95.4. The third kappa shape index (κ3) is 5.70. The van der Waals surface area contributed by atoms with E-state index in [4.69, 9.17) is 0 Å². The summed E-state index contributed by atoms with van der Waals surface area (Å²) in [7, 11) is 0. The first-order valence-electron chi connectivity index (χ1n) is 8.65. The fraction of sp³-hybridized carbons (Fsp3) is 0.222. The first kappa shape index (κ1) is 23.0. The van der Waals surface area contributed by atoms with Crippen LogP contribution in [0, 0.1) is 5.82 Å². The highest BCUT2D eigenvalue weighted by Crippen LogP contribution is 2.32. The molecule has 1 aromatic carbocycles. The van der Waals surface area contributed by atoms with E-state index in [0.29, 0.717) is 4.68 Å². The minimum Gasteiger partial charge on any atom is -0.468 e. The van der Waals surface area contributed by atoms with Crippen molar-refractivity contribution in [3.8, 4) is 11.6 Å². The van der Waals surface area contributed by atoms with Crippen molar-refractivity contribution in [2.75, 3.05) is 6.61 Å². The molecule has 1 amide bonds. The largest absolute Gasteiger partial charge is 0.468 e. The second-order valence-electron chi connectivity index (χ2n) is 6.26. The molecule has 32 heavy (non-hydrogen) atoms. The van der Waals surface area contributed by atoms with Crippen molar-refractivity contribution in [2.24, 2.45) is 0 Å². The van der Waals surface area contributed by atoms with Gasteiger partial charge in [-0.1, -0.05) is 5.21 Å². The molecule has 170 valence electrons. The van der Waals surface area contributed by atoms with Crippen LogP contribution in [0.5, 0.6) is 5.88 Å². The molecule has 3 aromatic rings. The van der Waals surface area contributed by atoms with Crippen molar-refractivity contribution in [3.63, 3.8) is 0 Å². The molecule has 0 unspecified atom stereocenters. The second-order valence-corrected chi connectivity index (χ2v) is 6.26. The van der Waals surface area contributed by atoms with E-state index in [-0.39, 0.29) is 23.7 Å². The number of carbonyl (C=O) groups is 1. The van der Waals surface area contributed by atoms with Crippen LogP contribution in [0.4, 0.5) is 30.7 Å². The number of alkyl halides is 6. The zero-order valence-corrected chi connectivity index (χ0v) is 15.7. The maximum atomic E-state index is 13.6. The van der Waals surface area contributed by atoms with Crippen LogP contribution in [0.15, 0.2) is 42.6 Å². The number of amides is 1. The maximum absolute atomic E-state index is 13.6. The fourth-order valence-electron chi connectivity index (χ4n) is 2.51. The summed E-state index contributed by atoms with van der Waals surface area (Å²) >= 11 is 0. The van der Waals surface area contributed by atoms with Gasteiger partial charge in [-0.15, -0.1) is 5.10 Å². The molecule has 0 spiro atoms. The number of rotatable bonds is 6. The second kappa shape index (κ2) is 8.80. The maximum Gasteiger partial charge on any atom is 0.435 e. The lowest BCUT2D eigenvalue weighted by molar-refractivity contribution is -0.154. The molecule has 2 heterocycles. The van der Waals surface area contributed by atoms with Crippen LogP contribution < -0.4 is 10.1 Å². The van der Waals surface area contributed by atoms with Crippen LogP contribution in [-0.2, 0) is 12.7 Å². The van der Waals surface area contributed by atoms with E-state index in [1.165, 1.54) is 6.07 Å². The Kier molecular flexibility index (Phi) is 6.32. The number of aromatic nitrogens is 4. The number of halogens is 7. The number of ether oxygens (including phenoxy) is 1. The molecule has 14 heteroatoms. The molecule has 0 atom stereocenters.